The molecular weight excluding hydrogens is 319 g/mol. The van der Waals surface area contributed by atoms with Crippen LogP contribution in [-0.4, -0.2) is 12.2 Å². The van der Waals surface area contributed by atoms with Crippen molar-refractivity contribution in [1.29, 1.82) is 0 Å². The molecule has 4 atom stereocenters. The average Bonchev–Trinajstić information content (AvgIpc) is 2.60. The second-order valence-corrected chi connectivity index (χ2v) is 7.97. The maximum Gasteiger partial charge on any atom is 0.319 e. The van der Waals surface area contributed by atoms with Gasteiger partial charge in [0.15, 0.2) is 0 Å². The molecule has 0 aromatic heterocycles. The fraction of sp³-hybridized carbons (Fsp3) is 1.00. The summed E-state index contributed by atoms with van der Waals surface area (Å²) < 4.78 is 24.3. The van der Waals surface area contributed by atoms with Crippen molar-refractivity contribution in [2.24, 2.45) is 11.8 Å². The minimum Gasteiger partial charge on any atom is -0.307 e. The van der Waals surface area contributed by atoms with E-state index in [1.165, 1.54) is 25.7 Å². The molecule has 0 amide bonds. The van der Waals surface area contributed by atoms with Gasteiger partial charge in [0.05, 0.1) is 12.2 Å². The lowest BCUT2D eigenvalue weighted by molar-refractivity contribution is 0.0629. The summed E-state index contributed by atoms with van der Waals surface area (Å²) in [4.78, 5) is 0. The molecule has 0 saturated carbocycles. The highest BCUT2D eigenvalue weighted by molar-refractivity contribution is 7.33. The van der Waals surface area contributed by atoms with Crippen LogP contribution in [0.4, 0.5) is 0 Å². The highest BCUT2D eigenvalue weighted by atomic mass is 31.1. The molecule has 0 N–H and O–H groups in total. The first kappa shape index (κ1) is 24.1. The Kier molecular flexibility index (Phi) is 15.5. The third-order valence-corrected chi connectivity index (χ3v) is 6.25. The molecule has 146 valence electrons. The summed E-state index contributed by atoms with van der Waals surface area (Å²) in [7, 11) is -2.42. The second-order valence-electron chi connectivity index (χ2n) is 7.00. The largest absolute Gasteiger partial charge is 0.319 e. The molecule has 0 bridgehead atoms. The van der Waals surface area contributed by atoms with E-state index in [1.54, 1.807) is 0 Å². The monoisotopic (exact) mass is 362 g/mol. The van der Waals surface area contributed by atoms with Crippen LogP contribution in [0.5, 0.6) is 0 Å². The van der Waals surface area contributed by atoms with Crippen LogP contribution >= 0.6 is 8.25 Å². The van der Waals surface area contributed by atoms with Crippen molar-refractivity contribution < 1.29 is 13.6 Å². The van der Waals surface area contributed by atoms with Gasteiger partial charge in [0.2, 0.25) is 0 Å². The Labute approximate surface area is 152 Å². The third-order valence-electron chi connectivity index (χ3n) is 5.26. The lowest BCUT2D eigenvalue weighted by Gasteiger charge is -2.28. The van der Waals surface area contributed by atoms with Crippen molar-refractivity contribution in [2.45, 2.75) is 118 Å². The molecule has 0 rings (SSSR count). The van der Waals surface area contributed by atoms with Crippen molar-refractivity contribution in [3.8, 4) is 0 Å². The van der Waals surface area contributed by atoms with Crippen LogP contribution in [0.1, 0.15) is 106 Å². The summed E-state index contributed by atoms with van der Waals surface area (Å²) in [6, 6.07) is 0. The molecule has 0 spiro atoms. The Balaban J connectivity index is 4.62. The predicted octanol–water partition coefficient (Wildman–Crippen LogP) is 7.40. The van der Waals surface area contributed by atoms with Gasteiger partial charge in [-0.3, -0.25) is 4.57 Å². The average molecular weight is 363 g/mol. The van der Waals surface area contributed by atoms with Crippen LogP contribution in [0.2, 0.25) is 0 Å². The molecule has 3 nitrogen and oxygen atoms in total. The summed E-state index contributed by atoms with van der Waals surface area (Å²) in [6.07, 6.45) is 11.3. The van der Waals surface area contributed by atoms with Crippen molar-refractivity contribution in [3.05, 3.63) is 0 Å². The van der Waals surface area contributed by atoms with Gasteiger partial charge in [-0.25, -0.2) is 0 Å². The van der Waals surface area contributed by atoms with E-state index in [0.717, 1.165) is 38.5 Å². The molecule has 0 aliphatic heterocycles. The highest BCUT2D eigenvalue weighted by Gasteiger charge is 2.25. The van der Waals surface area contributed by atoms with Gasteiger partial charge < -0.3 is 9.05 Å². The SMILES string of the molecule is CCCCC(CC)C(CC)O[PH](=O)OC(CC)C(CC)CCCC. The van der Waals surface area contributed by atoms with Crippen molar-refractivity contribution in [3.63, 3.8) is 0 Å². The first-order valence-electron chi connectivity index (χ1n) is 10.4. The number of hydrogen-bond acceptors (Lipinski definition) is 3. The van der Waals surface area contributed by atoms with E-state index in [1.807, 2.05) is 0 Å². The highest BCUT2D eigenvalue weighted by Crippen LogP contribution is 2.37. The summed E-state index contributed by atoms with van der Waals surface area (Å²) in [5.74, 6) is 0.990. The summed E-state index contributed by atoms with van der Waals surface area (Å²) in [5, 5.41) is 0. The normalized spacial score (nSPS) is 18.1. The maximum atomic E-state index is 12.5. The minimum absolute atomic E-state index is 0.0705. The van der Waals surface area contributed by atoms with E-state index in [0.29, 0.717) is 11.8 Å². The molecule has 0 aromatic carbocycles. The molecule has 0 saturated heterocycles. The zero-order chi connectivity index (χ0) is 18.4. The van der Waals surface area contributed by atoms with E-state index in [2.05, 4.69) is 41.5 Å². The minimum atomic E-state index is -2.42. The lowest BCUT2D eigenvalue weighted by atomic mass is 9.92. The Morgan fingerprint density at radius 1 is 0.667 bits per heavy atom. The fourth-order valence-corrected chi connectivity index (χ4v) is 4.81. The van der Waals surface area contributed by atoms with Crippen molar-refractivity contribution in [1.82, 2.24) is 0 Å². The summed E-state index contributed by atoms with van der Waals surface area (Å²) in [6.45, 7) is 13.1. The second kappa shape index (κ2) is 15.4. The molecule has 0 fully saturated rings. The van der Waals surface area contributed by atoms with Gasteiger partial charge in [0, 0.05) is 0 Å². The van der Waals surface area contributed by atoms with Crippen LogP contribution < -0.4 is 0 Å². The van der Waals surface area contributed by atoms with Crippen LogP contribution in [-0.2, 0) is 13.6 Å². The third kappa shape index (κ3) is 9.59. The van der Waals surface area contributed by atoms with Crippen LogP contribution in [0.15, 0.2) is 0 Å². The van der Waals surface area contributed by atoms with E-state index in [9.17, 15) is 4.57 Å². The molecule has 0 aliphatic carbocycles. The Morgan fingerprint density at radius 3 is 1.29 bits per heavy atom. The van der Waals surface area contributed by atoms with Crippen LogP contribution in [0.3, 0.4) is 0 Å². The summed E-state index contributed by atoms with van der Waals surface area (Å²) in [5.41, 5.74) is 0. The number of hydrogen-bond donors (Lipinski definition) is 0. The summed E-state index contributed by atoms with van der Waals surface area (Å²) >= 11 is 0. The molecule has 0 radical (unpaired) electrons. The Bertz CT molecular complexity index is 281. The van der Waals surface area contributed by atoms with Gasteiger partial charge in [-0.2, -0.15) is 0 Å². The number of unbranched alkanes of at least 4 members (excludes halogenated alkanes) is 2. The quantitative estimate of drug-likeness (QED) is 0.268. The van der Waals surface area contributed by atoms with E-state index in [4.69, 9.17) is 9.05 Å². The first-order valence-corrected chi connectivity index (χ1v) is 11.7. The molecule has 4 unspecified atom stereocenters. The Hall–Kier alpha value is 0.150. The van der Waals surface area contributed by atoms with Gasteiger partial charge >= 0.3 is 8.25 Å². The van der Waals surface area contributed by atoms with Crippen LogP contribution in [0.25, 0.3) is 0 Å². The molecule has 0 aliphatic rings. The maximum absolute atomic E-state index is 12.5. The van der Waals surface area contributed by atoms with E-state index >= 15 is 0 Å². The van der Waals surface area contributed by atoms with Crippen molar-refractivity contribution >= 4 is 8.25 Å². The van der Waals surface area contributed by atoms with E-state index in [-0.39, 0.29) is 12.2 Å². The van der Waals surface area contributed by atoms with Gasteiger partial charge in [0.1, 0.15) is 0 Å². The van der Waals surface area contributed by atoms with Gasteiger partial charge in [-0.05, 0) is 37.5 Å². The number of rotatable bonds is 16. The predicted molar refractivity (Wildman–Crippen MR) is 106 cm³/mol. The zero-order valence-electron chi connectivity index (χ0n) is 17.1. The molecule has 24 heavy (non-hydrogen) atoms. The first-order chi connectivity index (χ1) is 11.6. The molecule has 0 heterocycles. The zero-order valence-corrected chi connectivity index (χ0v) is 18.1. The molecular formula is C20H43O3P. The van der Waals surface area contributed by atoms with E-state index < -0.39 is 8.25 Å². The fourth-order valence-electron chi connectivity index (χ4n) is 3.54. The lowest BCUT2D eigenvalue weighted by Crippen LogP contribution is -2.24. The topological polar surface area (TPSA) is 35.5 Å². The van der Waals surface area contributed by atoms with Gasteiger partial charge in [0.25, 0.3) is 0 Å². The standard InChI is InChI=1S/C20H43O3P/c1-7-13-15-17(9-3)19(11-5)22-24(21)23-20(12-6)18(10-4)16-14-8-2/h17-20,24H,7-16H2,1-6H3. The van der Waals surface area contributed by atoms with Crippen molar-refractivity contribution in [2.75, 3.05) is 0 Å². The van der Waals surface area contributed by atoms with Gasteiger partial charge in [-0.1, -0.05) is 80.1 Å². The Morgan fingerprint density at radius 2 is 1.04 bits per heavy atom. The smallest absolute Gasteiger partial charge is 0.307 e. The molecule has 4 heteroatoms. The van der Waals surface area contributed by atoms with Crippen LogP contribution in [0, 0.1) is 11.8 Å². The molecule has 0 aromatic rings. The van der Waals surface area contributed by atoms with Gasteiger partial charge in [-0.15, -0.1) is 0 Å².